The van der Waals surface area contributed by atoms with Crippen molar-refractivity contribution in [2.45, 2.75) is 36.5 Å². The topological polar surface area (TPSA) is 83.6 Å². The van der Waals surface area contributed by atoms with Gasteiger partial charge in [-0.1, -0.05) is 55.4 Å². The Hall–Kier alpha value is -3.29. The van der Waals surface area contributed by atoms with E-state index in [0.717, 1.165) is 38.8 Å². The van der Waals surface area contributed by atoms with Crippen molar-refractivity contribution in [2.24, 2.45) is 5.18 Å². The van der Waals surface area contributed by atoms with Crippen LogP contribution in [0.1, 0.15) is 26.7 Å². The van der Waals surface area contributed by atoms with Crippen molar-refractivity contribution < 1.29 is 0 Å². The molecule has 0 radical (unpaired) electrons. The van der Waals surface area contributed by atoms with E-state index in [1.54, 1.807) is 19.3 Å². The van der Waals surface area contributed by atoms with Crippen LogP contribution < -0.4 is 16.0 Å². The van der Waals surface area contributed by atoms with E-state index in [4.69, 9.17) is 17.3 Å². The summed E-state index contributed by atoms with van der Waals surface area (Å²) in [6.07, 6.45) is 4.13. The first-order valence-corrected chi connectivity index (χ1v) is 13.2. The molecule has 0 saturated heterocycles. The number of hydrogen-bond acceptors (Lipinski definition) is 7. The van der Waals surface area contributed by atoms with Crippen molar-refractivity contribution in [1.29, 1.82) is 0 Å². The van der Waals surface area contributed by atoms with Crippen molar-refractivity contribution in [3.8, 4) is 0 Å². The van der Waals surface area contributed by atoms with Crippen LogP contribution in [-0.2, 0) is 0 Å². The van der Waals surface area contributed by atoms with E-state index < -0.39 is 0 Å². The zero-order valence-electron chi connectivity index (χ0n) is 20.9. The van der Waals surface area contributed by atoms with E-state index in [-0.39, 0.29) is 5.69 Å². The molecule has 0 fully saturated rings. The number of fused-ring (bicyclic) bond motifs is 1. The predicted octanol–water partition coefficient (Wildman–Crippen LogP) is 8.37. The lowest BCUT2D eigenvalue weighted by Crippen LogP contribution is -2.24. The molecule has 0 bridgehead atoms. The number of pyridine rings is 1. The highest BCUT2D eigenvalue weighted by Crippen LogP contribution is 2.42. The molecule has 4 aromatic rings. The van der Waals surface area contributed by atoms with Gasteiger partial charge < -0.3 is 16.0 Å². The van der Waals surface area contributed by atoms with Gasteiger partial charge in [0.15, 0.2) is 5.69 Å². The van der Waals surface area contributed by atoms with Crippen molar-refractivity contribution in [2.75, 3.05) is 36.1 Å². The molecule has 3 N–H and O–H groups in total. The zero-order valence-corrected chi connectivity index (χ0v) is 22.4. The number of benzene rings is 3. The first-order chi connectivity index (χ1) is 17.5. The van der Waals surface area contributed by atoms with Gasteiger partial charge in [-0.3, -0.25) is 4.98 Å². The molecule has 1 heterocycles. The summed E-state index contributed by atoms with van der Waals surface area (Å²) in [4.78, 5) is 19.6. The number of aromatic nitrogens is 1. The monoisotopic (exact) mass is 521 g/mol. The van der Waals surface area contributed by atoms with Gasteiger partial charge >= 0.3 is 0 Å². The van der Waals surface area contributed by atoms with Gasteiger partial charge in [0.25, 0.3) is 0 Å². The SMILES string of the molecule is CCCN(CCC)c1ccc(Cl)cc1.CNc1ccc(Sc2cccc3cccnc23)c(N)c1N=O. The molecule has 0 atom stereocenters. The molecule has 3 aromatic carbocycles. The van der Waals surface area contributed by atoms with Gasteiger partial charge in [0.2, 0.25) is 0 Å². The number of nitrogen functional groups attached to an aromatic ring is 1. The molecule has 0 aliphatic rings. The highest BCUT2D eigenvalue weighted by molar-refractivity contribution is 7.99. The minimum Gasteiger partial charge on any atom is -0.396 e. The van der Waals surface area contributed by atoms with E-state index in [0.29, 0.717) is 11.4 Å². The average Bonchev–Trinajstić information content (AvgIpc) is 2.90. The van der Waals surface area contributed by atoms with Crippen LogP contribution in [0, 0.1) is 4.91 Å². The maximum absolute atomic E-state index is 11.0. The highest BCUT2D eigenvalue weighted by Gasteiger charge is 2.13. The van der Waals surface area contributed by atoms with E-state index in [2.05, 4.69) is 46.4 Å². The summed E-state index contributed by atoms with van der Waals surface area (Å²) in [5, 5.41) is 7.82. The van der Waals surface area contributed by atoms with Crippen molar-refractivity contribution >= 4 is 57.0 Å². The second-order valence-corrected chi connectivity index (χ2v) is 9.63. The molecule has 36 heavy (non-hydrogen) atoms. The molecule has 0 amide bonds. The number of halogens is 1. The number of nitrogens with one attached hydrogen (secondary N) is 1. The Kier molecular flexibility index (Phi) is 10.4. The lowest BCUT2D eigenvalue weighted by Gasteiger charge is -2.23. The van der Waals surface area contributed by atoms with Gasteiger partial charge in [0.1, 0.15) is 0 Å². The predicted molar refractivity (Wildman–Crippen MR) is 156 cm³/mol. The third-order valence-electron chi connectivity index (χ3n) is 5.53. The van der Waals surface area contributed by atoms with Crippen LogP contribution in [0.4, 0.5) is 22.7 Å². The standard InChI is InChI=1S/C16H14N4OS.C12H18ClN/c1-18-11-7-8-12(14(17)16(11)20-21)22-13-6-2-4-10-5-3-9-19-15(10)13;1-3-9-14(10-4-2)12-7-5-11(13)6-8-12/h2-9,18H,17H2,1H3;5-8H,3-4,9-10H2,1-2H3. The second-order valence-electron chi connectivity index (χ2n) is 8.11. The van der Waals surface area contributed by atoms with Crippen LogP contribution in [0.2, 0.25) is 5.02 Å². The van der Waals surface area contributed by atoms with Gasteiger partial charge in [-0.05, 0) is 66.5 Å². The molecule has 0 saturated carbocycles. The van der Waals surface area contributed by atoms with Crippen LogP contribution in [0.25, 0.3) is 10.9 Å². The zero-order chi connectivity index (χ0) is 25.9. The summed E-state index contributed by atoms with van der Waals surface area (Å²) in [5.74, 6) is 0. The molecular formula is C28H32ClN5OS. The minimum absolute atomic E-state index is 0.237. The highest BCUT2D eigenvalue weighted by atomic mass is 35.5. The largest absolute Gasteiger partial charge is 0.396 e. The molecule has 1 aromatic heterocycles. The Morgan fingerprint density at radius 1 is 0.972 bits per heavy atom. The lowest BCUT2D eigenvalue weighted by atomic mass is 10.2. The summed E-state index contributed by atoms with van der Waals surface area (Å²) < 4.78 is 0. The number of nitrogens with zero attached hydrogens (tertiary/aromatic N) is 3. The molecule has 188 valence electrons. The molecule has 4 rings (SSSR count). The first kappa shape index (κ1) is 27.3. The van der Waals surface area contributed by atoms with Gasteiger partial charge in [-0.2, -0.15) is 0 Å². The molecular weight excluding hydrogens is 490 g/mol. The quantitative estimate of drug-likeness (QED) is 0.170. The normalized spacial score (nSPS) is 10.4. The summed E-state index contributed by atoms with van der Waals surface area (Å²) >= 11 is 7.33. The van der Waals surface area contributed by atoms with Gasteiger partial charge in [0.05, 0.1) is 16.9 Å². The Morgan fingerprint density at radius 2 is 1.67 bits per heavy atom. The van der Waals surface area contributed by atoms with E-state index in [9.17, 15) is 4.91 Å². The third-order valence-corrected chi connectivity index (χ3v) is 6.91. The number of rotatable bonds is 9. The van der Waals surface area contributed by atoms with Gasteiger partial charge in [-0.15, -0.1) is 4.91 Å². The summed E-state index contributed by atoms with van der Waals surface area (Å²) in [5.41, 5.74) is 9.50. The van der Waals surface area contributed by atoms with Crippen molar-refractivity contribution in [3.05, 3.63) is 82.9 Å². The Bertz CT molecular complexity index is 1270. The molecule has 0 unspecified atom stereocenters. The summed E-state index contributed by atoms with van der Waals surface area (Å²) in [6, 6.07) is 21.7. The van der Waals surface area contributed by atoms with E-state index in [1.807, 2.05) is 48.5 Å². The Labute approximate surface area is 222 Å². The average molecular weight is 522 g/mol. The fourth-order valence-corrected chi connectivity index (χ4v) is 4.94. The minimum atomic E-state index is 0.237. The van der Waals surface area contributed by atoms with Gasteiger partial charge in [-0.25, -0.2) is 0 Å². The van der Waals surface area contributed by atoms with Crippen LogP contribution in [0.3, 0.4) is 0 Å². The second kappa shape index (κ2) is 13.7. The maximum Gasteiger partial charge on any atom is 0.155 e. The Balaban J connectivity index is 0.000000223. The van der Waals surface area contributed by atoms with Crippen LogP contribution in [0.15, 0.2) is 87.9 Å². The van der Waals surface area contributed by atoms with Gasteiger partial charge in [0, 0.05) is 52.2 Å². The number of para-hydroxylation sites is 1. The smallest absolute Gasteiger partial charge is 0.155 e. The number of anilines is 3. The number of nitrogens with two attached hydrogens (primary N) is 1. The van der Waals surface area contributed by atoms with Crippen molar-refractivity contribution in [1.82, 2.24) is 4.98 Å². The van der Waals surface area contributed by atoms with Crippen molar-refractivity contribution in [3.63, 3.8) is 0 Å². The fraction of sp³-hybridized carbons (Fsp3) is 0.250. The third kappa shape index (κ3) is 6.89. The van der Waals surface area contributed by atoms with E-state index in [1.165, 1.54) is 30.3 Å². The number of hydrogen-bond donors (Lipinski definition) is 2. The van der Waals surface area contributed by atoms with E-state index >= 15 is 0 Å². The van der Waals surface area contributed by atoms with Crippen LogP contribution in [-0.4, -0.2) is 25.1 Å². The molecule has 6 nitrogen and oxygen atoms in total. The summed E-state index contributed by atoms with van der Waals surface area (Å²) in [6.45, 7) is 6.65. The molecule has 0 aliphatic carbocycles. The summed E-state index contributed by atoms with van der Waals surface area (Å²) in [7, 11) is 1.73. The molecule has 0 aliphatic heterocycles. The number of nitroso groups, excluding NO2 is 1. The van der Waals surface area contributed by atoms with Crippen LogP contribution >= 0.6 is 23.4 Å². The fourth-order valence-electron chi connectivity index (χ4n) is 3.82. The first-order valence-electron chi connectivity index (χ1n) is 12.0. The lowest BCUT2D eigenvalue weighted by molar-refractivity contribution is 0.745. The maximum atomic E-state index is 11.0. The van der Waals surface area contributed by atoms with Crippen LogP contribution in [0.5, 0.6) is 0 Å². The molecule has 0 spiro atoms. The Morgan fingerprint density at radius 3 is 2.31 bits per heavy atom. The molecule has 8 heteroatoms.